The zero-order chi connectivity index (χ0) is 27.2. The summed E-state index contributed by atoms with van der Waals surface area (Å²) >= 11 is 3.37. The van der Waals surface area contributed by atoms with Crippen LogP contribution in [0.2, 0.25) is 0 Å². The van der Waals surface area contributed by atoms with Gasteiger partial charge in [-0.25, -0.2) is 5.43 Å². The predicted molar refractivity (Wildman–Crippen MR) is 155 cm³/mol. The van der Waals surface area contributed by atoms with E-state index in [1.807, 2.05) is 47.4 Å². The first-order chi connectivity index (χ1) is 18.5. The molecule has 3 rings (SSSR count). The van der Waals surface area contributed by atoms with Gasteiger partial charge in [-0.15, -0.1) is 0 Å². The molecule has 0 spiro atoms. The van der Waals surface area contributed by atoms with E-state index in [-0.39, 0.29) is 30.2 Å². The maximum atomic E-state index is 13.0. The van der Waals surface area contributed by atoms with Gasteiger partial charge < -0.3 is 10.2 Å². The molecule has 7 nitrogen and oxygen atoms in total. The molecule has 2 aromatic carbocycles. The summed E-state index contributed by atoms with van der Waals surface area (Å²) in [5.41, 5.74) is 4.61. The minimum Gasteiger partial charge on any atom is -0.346 e. The Labute approximate surface area is 234 Å². The van der Waals surface area contributed by atoms with Crippen molar-refractivity contribution < 1.29 is 14.4 Å². The highest BCUT2D eigenvalue weighted by Crippen LogP contribution is 2.19. The van der Waals surface area contributed by atoms with Crippen LogP contribution in [-0.2, 0) is 9.59 Å². The molecule has 1 atom stereocenters. The highest BCUT2D eigenvalue weighted by molar-refractivity contribution is 9.10. The molecule has 0 bridgehead atoms. The van der Waals surface area contributed by atoms with E-state index in [2.05, 4.69) is 38.7 Å². The molecule has 1 heterocycles. The van der Waals surface area contributed by atoms with Gasteiger partial charge in [0.25, 0.3) is 5.91 Å². The summed E-state index contributed by atoms with van der Waals surface area (Å²) in [5.74, 6) is -0.577. The van der Waals surface area contributed by atoms with E-state index in [4.69, 9.17) is 0 Å². The lowest BCUT2D eigenvalue weighted by Crippen LogP contribution is -2.45. The molecule has 1 saturated heterocycles. The number of hydrazone groups is 1. The second-order valence-electron chi connectivity index (χ2n) is 9.79. The highest BCUT2D eigenvalue weighted by Gasteiger charge is 2.28. The molecule has 1 unspecified atom stereocenters. The average molecular weight is 584 g/mol. The van der Waals surface area contributed by atoms with Crippen LogP contribution in [0.25, 0.3) is 0 Å². The lowest BCUT2D eigenvalue weighted by atomic mass is 9.97. The predicted octanol–water partition coefficient (Wildman–Crippen LogP) is 5.69. The number of nitrogens with zero attached hydrogens (tertiary/aromatic N) is 2. The van der Waals surface area contributed by atoms with Crippen LogP contribution in [0.1, 0.15) is 80.6 Å². The van der Waals surface area contributed by atoms with Gasteiger partial charge >= 0.3 is 0 Å². The smallest absolute Gasteiger partial charge is 0.251 e. The summed E-state index contributed by atoms with van der Waals surface area (Å²) in [5, 5.41) is 7.28. The van der Waals surface area contributed by atoms with Gasteiger partial charge in [-0.1, -0.05) is 85.3 Å². The van der Waals surface area contributed by atoms with Crippen LogP contribution < -0.4 is 10.7 Å². The molecule has 1 fully saturated rings. The Balaban J connectivity index is 1.55. The van der Waals surface area contributed by atoms with Crippen molar-refractivity contribution in [1.82, 2.24) is 15.6 Å². The number of likely N-dealkylation sites (tertiary alicyclic amines) is 1. The first-order valence-corrected chi connectivity index (χ1v) is 14.5. The summed E-state index contributed by atoms with van der Waals surface area (Å²) in [4.78, 5) is 40.2. The van der Waals surface area contributed by atoms with Gasteiger partial charge in [0.2, 0.25) is 11.8 Å². The minimum atomic E-state index is -0.296. The van der Waals surface area contributed by atoms with E-state index < -0.39 is 0 Å². The van der Waals surface area contributed by atoms with Crippen LogP contribution in [0.3, 0.4) is 0 Å². The Hall–Kier alpha value is -3.00. The maximum Gasteiger partial charge on any atom is 0.251 e. The van der Waals surface area contributed by atoms with E-state index in [0.717, 1.165) is 35.7 Å². The Morgan fingerprint density at radius 2 is 1.66 bits per heavy atom. The van der Waals surface area contributed by atoms with Crippen LogP contribution >= 0.6 is 15.9 Å². The molecule has 0 saturated carbocycles. The van der Waals surface area contributed by atoms with Gasteiger partial charge in [-0.05, 0) is 49.1 Å². The van der Waals surface area contributed by atoms with E-state index in [0.29, 0.717) is 30.8 Å². The first kappa shape index (κ1) is 29.6. The molecule has 1 aliphatic rings. The summed E-state index contributed by atoms with van der Waals surface area (Å²) in [6, 6.07) is 16.6. The number of piperidine rings is 1. The summed E-state index contributed by atoms with van der Waals surface area (Å²) in [7, 11) is 0. The molecule has 1 aliphatic heterocycles. The quantitative estimate of drug-likeness (QED) is 0.180. The van der Waals surface area contributed by atoms with Gasteiger partial charge in [-0.2, -0.15) is 5.10 Å². The molecular formula is C30H39BrN4O3. The van der Waals surface area contributed by atoms with E-state index in [9.17, 15) is 14.4 Å². The fourth-order valence-corrected chi connectivity index (χ4v) is 4.81. The van der Waals surface area contributed by atoms with Crippen LogP contribution in [0.15, 0.2) is 64.2 Å². The Bertz CT molecular complexity index is 1070. The Kier molecular flexibility index (Phi) is 12.5. The second-order valence-corrected chi connectivity index (χ2v) is 10.7. The van der Waals surface area contributed by atoms with E-state index in [1.165, 1.54) is 25.7 Å². The van der Waals surface area contributed by atoms with Gasteiger partial charge in [0.1, 0.15) is 0 Å². The molecule has 0 aromatic heterocycles. The number of benzene rings is 2. The monoisotopic (exact) mass is 582 g/mol. The number of hydrogen-bond acceptors (Lipinski definition) is 4. The number of carbonyl (C=O) groups is 3. The normalized spacial score (nSPS) is 15.7. The molecule has 38 heavy (non-hydrogen) atoms. The van der Waals surface area contributed by atoms with Gasteiger partial charge in [0.05, 0.1) is 18.2 Å². The number of nitrogens with one attached hydrogen (secondary N) is 2. The molecule has 204 valence electrons. The van der Waals surface area contributed by atoms with Crippen molar-refractivity contribution in [2.24, 2.45) is 11.0 Å². The zero-order valence-corrected chi connectivity index (χ0v) is 23.8. The van der Waals surface area contributed by atoms with Crippen molar-refractivity contribution in [2.45, 2.75) is 64.7 Å². The molecular weight excluding hydrogens is 544 g/mol. The lowest BCUT2D eigenvalue weighted by molar-refractivity contribution is -0.135. The van der Waals surface area contributed by atoms with Crippen LogP contribution in [0.4, 0.5) is 0 Å². The third kappa shape index (κ3) is 9.71. The number of halogens is 1. The van der Waals surface area contributed by atoms with Crippen LogP contribution in [0.5, 0.6) is 0 Å². The summed E-state index contributed by atoms with van der Waals surface area (Å²) in [6.45, 7) is 3.49. The van der Waals surface area contributed by atoms with Crippen LogP contribution in [-0.4, -0.2) is 48.0 Å². The van der Waals surface area contributed by atoms with Crippen molar-refractivity contribution in [2.75, 3.05) is 19.6 Å². The second kappa shape index (κ2) is 16.1. The number of unbranched alkanes of at least 4 members (excludes halogenated alkanes) is 5. The van der Waals surface area contributed by atoms with Crippen molar-refractivity contribution >= 4 is 39.4 Å². The topological polar surface area (TPSA) is 90.9 Å². The third-order valence-corrected chi connectivity index (χ3v) is 7.35. The molecule has 0 radical (unpaired) electrons. The third-order valence-electron chi connectivity index (χ3n) is 6.82. The summed E-state index contributed by atoms with van der Waals surface area (Å²) < 4.78 is 0.897. The first-order valence-electron chi connectivity index (χ1n) is 13.7. The fraction of sp³-hybridized carbons (Fsp3) is 0.467. The molecule has 2 aromatic rings. The SMILES string of the molecule is CCCCCCCCC(=O)N1CCCC(C(=O)N/N=C(/CNC(=O)c2ccc(Br)cc2)c2ccccc2)C1. The summed E-state index contributed by atoms with van der Waals surface area (Å²) in [6.07, 6.45) is 8.95. The van der Waals surface area contributed by atoms with Crippen molar-refractivity contribution in [1.29, 1.82) is 0 Å². The number of amides is 3. The van der Waals surface area contributed by atoms with Crippen molar-refractivity contribution in [3.8, 4) is 0 Å². The van der Waals surface area contributed by atoms with Crippen molar-refractivity contribution in [3.63, 3.8) is 0 Å². The molecule has 3 amide bonds. The average Bonchev–Trinajstić information content (AvgIpc) is 2.95. The van der Waals surface area contributed by atoms with E-state index in [1.54, 1.807) is 12.1 Å². The van der Waals surface area contributed by atoms with E-state index >= 15 is 0 Å². The Morgan fingerprint density at radius 3 is 2.39 bits per heavy atom. The van der Waals surface area contributed by atoms with Crippen molar-refractivity contribution in [3.05, 3.63) is 70.2 Å². The highest BCUT2D eigenvalue weighted by atomic mass is 79.9. The fourth-order valence-electron chi connectivity index (χ4n) is 4.55. The number of rotatable bonds is 13. The maximum absolute atomic E-state index is 13.0. The van der Waals surface area contributed by atoms with Gasteiger partial charge in [-0.3, -0.25) is 14.4 Å². The van der Waals surface area contributed by atoms with Gasteiger partial charge in [0.15, 0.2) is 0 Å². The van der Waals surface area contributed by atoms with Gasteiger partial charge in [0, 0.05) is 29.5 Å². The van der Waals surface area contributed by atoms with Crippen LogP contribution in [0, 0.1) is 5.92 Å². The minimum absolute atomic E-state index is 0.141. The Morgan fingerprint density at radius 1 is 0.947 bits per heavy atom. The molecule has 2 N–H and O–H groups in total. The molecule has 0 aliphatic carbocycles. The zero-order valence-electron chi connectivity index (χ0n) is 22.3. The molecule has 8 heteroatoms. The number of hydrogen-bond donors (Lipinski definition) is 2. The lowest BCUT2D eigenvalue weighted by Gasteiger charge is -2.31. The standard InChI is InChI=1S/C30H39BrN4O3/c1-2-3-4-5-6-10-15-28(36)35-20-11-14-25(22-35)30(38)34-33-27(23-12-8-7-9-13-23)21-32-29(37)24-16-18-26(31)19-17-24/h7-9,12-13,16-19,25H,2-6,10-11,14-15,20-22H2,1H3,(H,32,37)(H,34,38)/b33-27-. The number of carbonyl (C=O) groups excluding carboxylic acids is 3. The largest absolute Gasteiger partial charge is 0.346 e.